The van der Waals surface area contributed by atoms with Gasteiger partial charge in [-0.15, -0.1) is 0 Å². The molecule has 4 aromatic rings. The van der Waals surface area contributed by atoms with Crippen LogP contribution in [0.3, 0.4) is 0 Å². The number of imidazole rings is 1. The van der Waals surface area contributed by atoms with E-state index in [0.717, 1.165) is 16.7 Å². The van der Waals surface area contributed by atoms with Gasteiger partial charge in [-0.2, -0.15) is 5.26 Å². The number of carbonyl (C=O) groups is 2. The van der Waals surface area contributed by atoms with E-state index in [0.29, 0.717) is 5.69 Å². The molecule has 1 aromatic heterocycles. The second-order valence-corrected chi connectivity index (χ2v) is 11.7. The standard InChI is InChI=1S/C34H37N5O3/c1-32(2,3)42-31(41)37-29(30(40)38-33(4,5)23-35)21-28-22-39(24-36-28)34(25-15-9-6-10-16-25,26-17-11-7-12-18-26)27-19-13-8-14-20-27/h6-20,22,24,29H,21H2,1-5H3,(H,37,41)(H,38,40)/t29-/m0/s1. The summed E-state index contributed by atoms with van der Waals surface area (Å²) < 4.78 is 7.47. The lowest BCUT2D eigenvalue weighted by atomic mass is 9.77. The Kier molecular flexibility index (Phi) is 8.82. The number of carbonyl (C=O) groups excluding carboxylic acids is 2. The first kappa shape index (κ1) is 30.1. The molecule has 0 aliphatic rings. The second-order valence-electron chi connectivity index (χ2n) is 11.7. The summed E-state index contributed by atoms with van der Waals surface area (Å²) in [6.45, 7) is 8.44. The first-order valence-electron chi connectivity index (χ1n) is 13.9. The number of nitrogens with zero attached hydrogens (tertiary/aromatic N) is 3. The van der Waals surface area contributed by atoms with Gasteiger partial charge in [-0.3, -0.25) is 4.79 Å². The number of rotatable bonds is 9. The minimum absolute atomic E-state index is 0.0774. The highest BCUT2D eigenvalue weighted by Gasteiger charge is 2.39. The fourth-order valence-corrected chi connectivity index (χ4v) is 4.93. The molecule has 0 saturated carbocycles. The molecule has 1 atom stereocenters. The Hall–Kier alpha value is -4.90. The van der Waals surface area contributed by atoms with E-state index in [1.807, 2.05) is 65.4 Å². The first-order chi connectivity index (χ1) is 19.9. The molecule has 2 N–H and O–H groups in total. The van der Waals surface area contributed by atoms with Crippen molar-refractivity contribution < 1.29 is 14.3 Å². The van der Waals surface area contributed by atoms with Gasteiger partial charge in [0.1, 0.15) is 22.7 Å². The Morgan fingerprint density at radius 1 is 0.857 bits per heavy atom. The zero-order valence-corrected chi connectivity index (χ0v) is 24.7. The van der Waals surface area contributed by atoms with Crippen molar-refractivity contribution in [1.82, 2.24) is 20.2 Å². The van der Waals surface area contributed by atoms with Crippen LogP contribution < -0.4 is 10.6 Å². The van der Waals surface area contributed by atoms with Crippen LogP contribution in [0.4, 0.5) is 4.79 Å². The lowest BCUT2D eigenvalue weighted by Crippen LogP contribution is -2.54. The smallest absolute Gasteiger partial charge is 0.408 e. The van der Waals surface area contributed by atoms with Gasteiger partial charge in [0, 0.05) is 12.6 Å². The maximum absolute atomic E-state index is 13.3. The van der Waals surface area contributed by atoms with Gasteiger partial charge in [-0.05, 0) is 51.3 Å². The van der Waals surface area contributed by atoms with Crippen LogP contribution >= 0.6 is 0 Å². The highest BCUT2D eigenvalue weighted by Crippen LogP contribution is 2.40. The number of benzene rings is 3. The Balaban J connectivity index is 1.79. The molecule has 0 aliphatic heterocycles. The quantitative estimate of drug-likeness (QED) is 0.259. The van der Waals surface area contributed by atoms with Gasteiger partial charge in [0.25, 0.3) is 0 Å². The molecule has 3 aromatic carbocycles. The predicted octanol–water partition coefficient (Wildman–Crippen LogP) is 5.58. The van der Waals surface area contributed by atoms with Crippen LogP contribution in [0.1, 0.15) is 57.0 Å². The fraction of sp³-hybridized carbons (Fsp3) is 0.294. The van der Waals surface area contributed by atoms with Crippen molar-refractivity contribution in [3.8, 4) is 6.07 Å². The van der Waals surface area contributed by atoms with E-state index in [9.17, 15) is 14.9 Å². The van der Waals surface area contributed by atoms with Gasteiger partial charge in [-0.1, -0.05) is 91.0 Å². The van der Waals surface area contributed by atoms with E-state index < -0.39 is 34.7 Å². The van der Waals surface area contributed by atoms with Crippen molar-refractivity contribution in [3.63, 3.8) is 0 Å². The Morgan fingerprint density at radius 2 is 1.33 bits per heavy atom. The summed E-state index contributed by atoms with van der Waals surface area (Å²) in [5.41, 5.74) is 1.02. The summed E-state index contributed by atoms with van der Waals surface area (Å²) in [6.07, 6.45) is 3.00. The fourth-order valence-electron chi connectivity index (χ4n) is 4.93. The van der Waals surface area contributed by atoms with Crippen molar-refractivity contribution >= 4 is 12.0 Å². The number of ether oxygens (including phenoxy) is 1. The third kappa shape index (κ3) is 6.87. The monoisotopic (exact) mass is 563 g/mol. The molecule has 2 amide bonds. The Morgan fingerprint density at radius 3 is 1.76 bits per heavy atom. The van der Waals surface area contributed by atoms with Crippen LogP contribution in [-0.4, -0.2) is 38.7 Å². The summed E-state index contributed by atoms with van der Waals surface area (Å²) in [5, 5.41) is 14.9. The molecule has 0 fully saturated rings. The normalized spacial score (nSPS) is 12.6. The maximum Gasteiger partial charge on any atom is 0.408 e. The van der Waals surface area contributed by atoms with Crippen molar-refractivity contribution in [2.24, 2.45) is 0 Å². The number of amides is 2. The molecular formula is C34H37N5O3. The molecule has 8 heteroatoms. The average molecular weight is 564 g/mol. The lowest BCUT2D eigenvalue weighted by Gasteiger charge is -2.37. The Bertz CT molecular complexity index is 1440. The highest BCUT2D eigenvalue weighted by atomic mass is 16.6. The van der Waals surface area contributed by atoms with Crippen molar-refractivity contribution in [1.29, 1.82) is 5.26 Å². The van der Waals surface area contributed by atoms with Gasteiger partial charge in [0.15, 0.2) is 0 Å². The van der Waals surface area contributed by atoms with Gasteiger partial charge in [0.2, 0.25) is 5.91 Å². The molecule has 8 nitrogen and oxygen atoms in total. The second kappa shape index (κ2) is 12.3. The average Bonchev–Trinajstić information content (AvgIpc) is 3.42. The van der Waals surface area contributed by atoms with Gasteiger partial charge < -0.3 is 19.9 Å². The summed E-state index contributed by atoms with van der Waals surface area (Å²) >= 11 is 0. The minimum Gasteiger partial charge on any atom is -0.444 e. The van der Waals surface area contributed by atoms with Crippen molar-refractivity contribution in [2.45, 2.75) is 63.8 Å². The summed E-state index contributed by atoms with van der Waals surface area (Å²) in [7, 11) is 0. The highest BCUT2D eigenvalue weighted by molar-refractivity contribution is 5.86. The molecule has 216 valence electrons. The number of nitrogens with one attached hydrogen (secondary N) is 2. The number of aromatic nitrogens is 2. The first-order valence-corrected chi connectivity index (χ1v) is 13.9. The van der Waals surface area contributed by atoms with E-state index in [4.69, 9.17) is 9.72 Å². The summed E-state index contributed by atoms with van der Waals surface area (Å²) in [6, 6.07) is 31.6. The number of hydrogen-bond donors (Lipinski definition) is 2. The van der Waals surface area contributed by atoms with E-state index >= 15 is 0 Å². The van der Waals surface area contributed by atoms with E-state index in [-0.39, 0.29) is 6.42 Å². The third-order valence-corrected chi connectivity index (χ3v) is 6.73. The largest absolute Gasteiger partial charge is 0.444 e. The molecule has 0 unspecified atom stereocenters. The van der Waals surface area contributed by atoms with Crippen LogP contribution in [0.25, 0.3) is 0 Å². The van der Waals surface area contributed by atoms with Gasteiger partial charge in [0.05, 0.1) is 18.1 Å². The van der Waals surface area contributed by atoms with Gasteiger partial charge in [-0.25, -0.2) is 9.78 Å². The van der Waals surface area contributed by atoms with Gasteiger partial charge >= 0.3 is 6.09 Å². The molecule has 0 spiro atoms. The summed E-state index contributed by atoms with van der Waals surface area (Å²) in [4.78, 5) is 30.7. The molecular weight excluding hydrogens is 526 g/mol. The topological polar surface area (TPSA) is 109 Å². The molecule has 0 aliphatic carbocycles. The van der Waals surface area contributed by atoms with Crippen molar-refractivity contribution in [2.75, 3.05) is 0 Å². The van der Waals surface area contributed by atoms with Crippen molar-refractivity contribution in [3.05, 3.63) is 126 Å². The molecule has 0 radical (unpaired) electrons. The minimum atomic E-state index is -1.13. The molecule has 1 heterocycles. The van der Waals surface area contributed by atoms with E-state index in [1.165, 1.54) is 0 Å². The lowest BCUT2D eigenvalue weighted by molar-refractivity contribution is -0.124. The van der Waals surface area contributed by atoms with Crippen LogP contribution in [0, 0.1) is 11.3 Å². The van der Waals surface area contributed by atoms with E-state index in [1.54, 1.807) is 40.9 Å². The van der Waals surface area contributed by atoms with E-state index in [2.05, 4.69) is 53.1 Å². The number of alkyl carbamates (subject to hydrolysis) is 1. The van der Waals surface area contributed by atoms with Crippen LogP contribution in [0.15, 0.2) is 104 Å². The van der Waals surface area contributed by atoms with Crippen LogP contribution in [-0.2, 0) is 21.5 Å². The van der Waals surface area contributed by atoms with Crippen LogP contribution in [0.5, 0.6) is 0 Å². The third-order valence-electron chi connectivity index (χ3n) is 6.73. The molecule has 0 bridgehead atoms. The zero-order valence-electron chi connectivity index (χ0n) is 24.7. The molecule has 42 heavy (non-hydrogen) atoms. The Labute approximate surface area is 247 Å². The zero-order chi connectivity index (χ0) is 30.4. The molecule has 4 rings (SSSR count). The predicted molar refractivity (Wildman–Crippen MR) is 162 cm³/mol. The number of nitriles is 1. The SMILES string of the molecule is CC(C)(C#N)NC(=O)[C@H](Cc1cn(C(c2ccccc2)(c2ccccc2)c2ccccc2)cn1)NC(=O)OC(C)(C)C. The number of hydrogen-bond acceptors (Lipinski definition) is 5. The summed E-state index contributed by atoms with van der Waals surface area (Å²) in [5.74, 6) is -0.512. The van der Waals surface area contributed by atoms with Crippen LogP contribution in [0.2, 0.25) is 0 Å². The molecule has 0 saturated heterocycles. The maximum atomic E-state index is 13.3.